The van der Waals surface area contributed by atoms with Crippen LogP contribution in [0.15, 0.2) is 64.8 Å². The lowest BCUT2D eigenvalue weighted by atomic mass is 9.99. The second-order valence-corrected chi connectivity index (χ2v) is 8.12. The van der Waals surface area contributed by atoms with Crippen molar-refractivity contribution in [2.24, 2.45) is 0 Å². The van der Waals surface area contributed by atoms with Crippen molar-refractivity contribution >= 4 is 34.4 Å². The van der Waals surface area contributed by atoms with E-state index in [1.54, 1.807) is 29.4 Å². The Balaban J connectivity index is 1.80. The zero-order valence-electron chi connectivity index (χ0n) is 14.5. The minimum atomic E-state index is -0.597. The Morgan fingerprint density at radius 2 is 1.96 bits per heavy atom. The van der Waals surface area contributed by atoms with Crippen LogP contribution in [0.1, 0.15) is 31.7 Å². The number of thiophene rings is 2. The molecule has 0 saturated heterocycles. The van der Waals surface area contributed by atoms with E-state index in [1.807, 2.05) is 35.9 Å². The summed E-state index contributed by atoms with van der Waals surface area (Å²) >= 11 is 2.78. The quantitative estimate of drug-likeness (QED) is 0.653. The fourth-order valence-electron chi connectivity index (χ4n) is 3.21. The van der Waals surface area contributed by atoms with Crippen molar-refractivity contribution in [1.82, 2.24) is 9.88 Å². The van der Waals surface area contributed by atoms with Crippen LogP contribution in [0, 0.1) is 6.92 Å². The van der Waals surface area contributed by atoms with Crippen LogP contribution in [0.5, 0.6) is 0 Å². The maximum Gasteiger partial charge on any atom is 0.290 e. The zero-order chi connectivity index (χ0) is 19.0. The minimum Gasteiger partial charge on any atom is -0.503 e. The molecule has 1 aliphatic rings. The van der Waals surface area contributed by atoms with Crippen LogP contribution in [0.2, 0.25) is 0 Å². The minimum absolute atomic E-state index is 0.155. The van der Waals surface area contributed by atoms with Gasteiger partial charge in [0.05, 0.1) is 10.5 Å². The maximum absolute atomic E-state index is 13.1. The lowest BCUT2D eigenvalue weighted by Crippen LogP contribution is -2.30. The lowest BCUT2D eigenvalue weighted by Gasteiger charge is -2.26. The van der Waals surface area contributed by atoms with Gasteiger partial charge < -0.3 is 10.0 Å². The summed E-state index contributed by atoms with van der Waals surface area (Å²) in [5.41, 5.74) is 2.03. The molecule has 0 fully saturated rings. The van der Waals surface area contributed by atoms with Gasteiger partial charge in [0.15, 0.2) is 5.76 Å². The third kappa shape index (κ3) is 3.09. The molecule has 0 bridgehead atoms. The normalized spacial score (nSPS) is 17.0. The molecule has 1 amide bonds. The third-order valence-electron chi connectivity index (χ3n) is 4.55. The summed E-state index contributed by atoms with van der Waals surface area (Å²) in [7, 11) is 0. The Labute approximate surface area is 164 Å². The summed E-state index contributed by atoms with van der Waals surface area (Å²) in [6.07, 6.45) is 3.32. The number of amides is 1. The first-order valence-electron chi connectivity index (χ1n) is 8.33. The number of Topliss-reactive ketones (excluding diaryl/α,β-unsaturated/α-hetero) is 1. The van der Waals surface area contributed by atoms with Gasteiger partial charge in [-0.2, -0.15) is 0 Å². The molecule has 27 heavy (non-hydrogen) atoms. The molecule has 5 nitrogen and oxygen atoms in total. The molecule has 1 unspecified atom stereocenters. The van der Waals surface area contributed by atoms with Crippen LogP contribution in [0.25, 0.3) is 0 Å². The average Bonchev–Trinajstić information content (AvgIpc) is 3.39. The zero-order valence-corrected chi connectivity index (χ0v) is 16.1. The van der Waals surface area contributed by atoms with Gasteiger partial charge in [0, 0.05) is 23.8 Å². The average molecular weight is 396 g/mol. The van der Waals surface area contributed by atoms with E-state index < -0.39 is 17.7 Å². The highest BCUT2D eigenvalue weighted by atomic mass is 32.1. The molecule has 1 N–H and O–H groups in total. The molecule has 0 spiro atoms. The van der Waals surface area contributed by atoms with Crippen molar-refractivity contribution < 1.29 is 14.7 Å². The fraction of sp³-hybridized carbons (Fsp3) is 0.150. The molecule has 1 aliphatic heterocycles. The third-order valence-corrected chi connectivity index (χ3v) is 6.49. The summed E-state index contributed by atoms with van der Waals surface area (Å²) in [6.45, 7) is 2.23. The van der Waals surface area contributed by atoms with Crippen LogP contribution in [-0.2, 0) is 11.3 Å². The van der Waals surface area contributed by atoms with Crippen LogP contribution in [0.3, 0.4) is 0 Å². The first kappa shape index (κ1) is 17.6. The van der Waals surface area contributed by atoms with Gasteiger partial charge in [-0.3, -0.25) is 14.6 Å². The highest BCUT2D eigenvalue weighted by Gasteiger charge is 2.44. The SMILES string of the molecule is Cc1ccsc1C1C(C(=O)c2cccs2)=C(O)C(=O)N1Cc1ccncc1. The Bertz CT molecular complexity index is 1020. The topological polar surface area (TPSA) is 70.5 Å². The van der Waals surface area contributed by atoms with Gasteiger partial charge in [-0.25, -0.2) is 0 Å². The van der Waals surface area contributed by atoms with E-state index in [2.05, 4.69) is 4.98 Å². The number of hydrogen-bond donors (Lipinski definition) is 1. The second kappa shape index (κ2) is 7.09. The number of hydrogen-bond acceptors (Lipinski definition) is 6. The summed E-state index contributed by atoms with van der Waals surface area (Å²) < 4.78 is 0. The predicted molar refractivity (Wildman–Crippen MR) is 105 cm³/mol. The monoisotopic (exact) mass is 396 g/mol. The largest absolute Gasteiger partial charge is 0.503 e. The summed E-state index contributed by atoms with van der Waals surface area (Å²) in [6, 6.07) is 8.50. The first-order valence-corrected chi connectivity index (χ1v) is 10.1. The summed E-state index contributed by atoms with van der Waals surface area (Å²) in [5.74, 6) is -1.28. The number of aromatic nitrogens is 1. The van der Waals surface area contributed by atoms with Gasteiger partial charge in [-0.15, -0.1) is 22.7 Å². The summed E-state index contributed by atoms with van der Waals surface area (Å²) in [4.78, 5) is 32.9. The standard InChI is InChI=1S/C20H16N2O3S2/c1-12-6-10-27-19(12)16-15(17(23)14-3-2-9-26-14)18(24)20(25)22(16)11-13-4-7-21-8-5-13/h2-10,16,24H,11H2,1H3. The molecular formula is C20H16N2O3S2. The van der Waals surface area contributed by atoms with Crippen molar-refractivity contribution in [1.29, 1.82) is 0 Å². The number of pyridine rings is 1. The van der Waals surface area contributed by atoms with E-state index in [4.69, 9.17) is 0 Å². The molecule has 1 atom stereocenters. The van der Waals surface area contributed by atoms with E-state index in [0.29, 0.717) is 4.88 Å². The van der Waals surface area contributed by atoms with Crippen molar-refractivity contribution in [3.8, 4) is 0 Å². The molecule has 0 aliphatic carbocycles. The van der Waals surface area contributed by atoms with Gasteiger partial charge >= 0.3 is 0 Å². The maximum atomic E-state index is 13.1. The van der Waals surface area contributed by atoms with Crippen LogP contribution in [0.4, 0.5) is 0 Å². The van der Waals surface area contributed by atoms with Crippen LogP contribution >= 0.6 is 22.7 Å². The number of aliphatic hydroxyl groups is 1. The van der Waals surface area contributed by atoms with Crippen molar-refractivity contribution in [2.45, 2.75) is 19.5 Å². The predicted octanol–water partition coefficient (Wildman–Crippen LogP) is 4.29. The smallest absolute Gasteiger partial charge is 0.290 e. The van der Waals surface area contributed by atoms with Gasteiger partial charge in [-0.05, 0) is 53.1 Å². The Hall–Kier alpha value is -2.77. The number of rotatable bonds is 5. The van der Waals surface area contributed by atoms with E-state index in [9.17, 15) is 14.7 Å². The number of aryl methyl sites for hydroxylation is 1. The molecule has 4 rings (SSSR count). The van der Waals surface area contributed by atoms with E-state index >= 15 is 0 Å². The van der Waals surface area contributed by atoms with Gasteiger partial charge in [0.25, 0.3) is 5.91 Å². The Morgan fingerprint density at radius 3 is 2.59 bits per heavy atom. The molecule has 3 aromatic rings. The number of nitrogens with zero attached hydrogens (tertiary/aromatic N) is 2. The highest BCUT2D eigenvalue weighted by molar-refractivity contribution is 7.12. The van der Waals surface area contributed by atoms with E-state index in [1.165, 1.54) is 22.7 Å². The second-order valence-electron chi connectivity index (χ2n) is 6.23. The molecule has 4 heterocycles. The van der Waals surface area contributed by atoms with Crippen molar-refractivity contribution in [3.63, 3.8) is 0 Å². The van der Waals surface area contributed by atoms with Crippen molar-refractivity contribution in [3.05, 3.63) is 85.7 Å². The molecular weight excluding hydrogens is 380 g/mol. The number of carbonyl (C=O) groups is 2. The van der Waals surface area contributed by atoms with Crippen LogP contribution < -0.4 is 0 Å². The van der Waals surface area contributed by atoms with E-state index in [0.717, 1.165) is 16.0 Å². The fourth-order valence-corrected chi connectivity index (χ4v) is 4.94. The molecule has 7 heteroatoms. The van der Waals surface area contributed by atoms with Crippen molar-refractivity contribution in [2.75, 3.05) is 0 Å². The van der Waals surface area contributed by atoms with Crippen LogP contribution in [-0.4, -0.2) is 26.7 Å². The molecule has 0 radical (unpaired) electrons. The Morgan fingerprint density at radius 1 is 1.19 bits per heavy atom. The first-order chi connectivity index (χ1) is 13.1. The highest BCUT2D eigenvalue weighted by Crippen LogP contribution is 2.43. The molecule has 0 aromatic carbocycles. The molecule has 136 valence electrons. The number of aliphatic hydroxyl groups excluding tert-OH is 1. The van der Waals surface area contributed by atoms with Gasteiger partial charge in [0.2, 0.25) is 5.78 Å². The van der Waals surface area contributed by atoms with Gasteiger partial charge in [-0.1, -0.05) is 6.07 Å². The number of carbonyl (C=O) groups excluding carboxylic acids is 2. The molecule has 0 saturated carbocycles. The number of ketones is 1. The molecule has 3 aromatic heterocycles. The Kier molecular flexibility index (Phi) is 4.63. The summed E-state index contributed by atoms with van der Waals surface area (Å²) in [5, 5.41) is 14.3. The lowest BCUT2D eigenvalue weighted by molar-refractivity contribution is -0.130. The van der Waals surface area contributed by atoms with Gasteiger partial charge in [0.1, 0.15) is 6.04 Å². The van der Waals surface area contributed by atoms with E-state index in [-0.39, 0.29) is 17.9 Å².